The van der Waals surface area contributed by atoms with E-state index in [-0.39, 0.29) is 18.1 Å². The summed E-state index contributed by atoms with van der Waals surface area (Å²) in [5.74, 6) is -0.0330. The molecule has 0 aliphatic carbocycles. The van der Waals surface area contributed by atoms with E-state index < -0.39 is 0 Å². The van der Waals surface area contributed by atoms with E-state index in [0.29, 0.717) is 11.7 Å². The summed E-state index contributed by atoms with van der Waals surface area (Å²) in [5.41, 5.74) is 1.65. The van der Waals surface area contributed by atoms with Crippen LogP contribution in [0.4, 0.5) is 5.69 Å². The normalized spacial score (nSPS) is 22.0. The van der Waals surface area contributed by atoms with E-state index in [4.69, 9.17) is 4.74 Å². The van der Waals surface area contributed by atoms with E-state index in [1.165, 1.54) is 0 Å². The van der Waals surface area contributed by atoms with Gasteiger partial charge in [-0.3, -0.25) is 4.79 Å². The fourth-order valence-electron chi connectivity index (χ4n) is 2.38. The number of amides is 1. The Morgan fingerprint density at radius 3 is 2.85 bits per heavy atom. The first kappa shape index (κ1) is 14.9. The molecule has 1 aliphatic heterocycles. The highest BCUT2D eigenvalue weighted by atomic mass is 16.5. The Morgan fingerprint density at radius 1 is 1.40 bits per heavy atom. The molecular weight excluding hydrogens is 252 g/mol. The van der Waals surface area contributed by atoms with Crippen LogP contribution >= 0.6 is 0 Å². The number of hydrogen-bond donors (Lipinski definition) is 2. The third kappa shape index (κ3) is 4.23. The Labute approximate surface area is 120 Å². The Morgan fingerprint density at radius 2 is 2.20 bits per heavy atom. The molecule has 110 valence electrons. The molecule has 0 bridgehead atoms. The lowest BCUT2D eigenvalue weighted by Gasteiger charge is -2.14. The van der Waals surface area contributed by atoms with Gasteiger partial charge in [0, 0.05) is 23.8 Å². The molecule has 1 fully saturated rings. The first-order chi connectivity index (χ1) is 9.54. The Balaban J connectivity index is 1.90. The highest BCUT2D eigenvalue weighted by Crippen LogP contribution is 2.20. The molecule has 0 radical (unpaired) electrons. The highest BCUT2D eigenvalue weighted by Gasteiger charge is 2.21. The summed E-state index contributed by atoms with van der Waals surface area (Å²) >= 11 is 0. The summed E-state index contributed by atoms with van der Waals surface area (Å²) in [4.78, 5) is 11.9. The predicted octanol–water partition coefficient (Wildman–Crippen LogP) is 2.80. The maximum atomic E-state index is 11.9. The van der Waals surface area contributed by atoms with Crippen molar-refractivity contribution in [2.75, 3.05) is 11.9 Å². The third-order valence-electron chi connectivity index (χ3n) is 3.40. The summed E-state index contributed by atoms with van der Waals surface area (Å²) in [6, 6.07) is 7.74. The lowest BCUT2D eigenvalue weighted by atomic mass is 10.1. The van der Waals surface area contributed by atoms with Crippen molar-refractivity contribution in [2.24, 2.45) is 0 Å². The topological polar surface area (TPSA) is 50.4 Å². The second kappa shape index (κ2) is 6.75. The highest BCUT2D eigenvalue weighted by molar-refractivity contribution is 5.95. The number of hydrogen-bond acceptors (Lipinski definition) is 3. The van der Waals surface area contributed by atoms with Crippen molar-refractivity contribution < 1.29 is 9.53 Å². The van der Waals surface area contributed by atoms with Crippen molar-refractivity contribution >= 4 is 11.6 Å². The summed E-state index contributed by atoms with van der Waals surface area (Å²) in [6.45, 7) is 6.81. The Bertz CT molecular complexity index is 460. The van der Waals surface area contributed by atoms with Crippen molar-refractivity contribution in [3.63, 3.8) is 0 Å². The van der Waals surface area contributed by atoms with Crippen molar-refractivity contribution in [2.45, 2.75) is 51.9 Å². The van der Waals surface area contributed by atoms with Gasteiger partial charge < -0.3 is 15.4 Å². The number of ether oxygens (including phenoxy) is 1. The molecule has 1 heterocycles. The monoisotopic (exact) mass is 276 g/mol. The van der Waals surface area contributed by atoms with Crippen LogP contribution in [-0.4, -0.2) is 30.7 Å². The lowest BCUT2D eigenvalue weighted by molar-refractivity contribution is 0.0637. The summed E-state index contributed by atoms with van der Waals surface area (Å²) in [7, 11) is 0. The SMILES string of the molecule is CC(C)NC(=O)c1cccc(NCC2CCC(C)O2)c1. The third-order valence-corrected chi connectivity index (χ3v) is 3.40. The molecule has 0 spiro atoms. The predicted molar refractivity (Wildman–Crippen MR) is 81.1 cm³/mol. The smallest absolute Gasteiger partial charge is 0.251 e. The van der Waals surface area contributed by atoms with Gasteiger partial charge in [0.25, 0.3) is 5.91 Å². The van der Waals surface area contributed by atoms with Crippen molar-refractivity contribution in [3.05, 3.63) is 29.8 Å². The van der Waals surface area contributed by atoms with Crippen LogP contribution in [0.1, 0.15) is 44.0 Å². The minimum Gasteiger partial charge on any atom is -0.382 e. The Hall–Kier alpha value is -1.55. The first-order valence-corrected chi connectivity index (χ1v) is 7.35. The average Bonchev–Trinajstić information content (AvgIpc) is 2.82. The van der Waals surface area contributed by atoms with Crippen LogP contribution in [0.15, 0.2) is 24.3 Å². The van der Waals surface area contributed by atoms with Crippen molar-refractivity contribution in [3.8, 4) is 0 Å². The molecule has 2 unspecified atom stereocenters. The molecule has 20 heavy (non-hydrogen) atoms. The van der Waals surface area contributed by atoms with Gasteiger partial charge in [-0.1, -0.05) is 6.07 Å². The maximum Gasteiger partial charge on any atom is 0.251 e. The molecule has 1 saturated heterocycles. The molecule has 1 aliphatic rings. The van der Waals surface area contributed by atoms with Crippen LogP contribution in [0, 0.1) is 0 Å². The number of benzene rings is 1. The van der Waals surface area contributed by atoms with Gasteiger partial charge in [0.1, 0.15) is 0 Å². The van der Waals surface area contributed by atoms with E-state index in [1.807, 2.05) is 38.1 Å². The van der Waals surface area contributed by atoms with Crippen LogP contribution in [-0.2, 0) is 4.74 Å². The van der Waals surface area contributed by atoms with Gasteiger partial charge >= 0.3 is 0 Å². The molecule has 0 aromatic heterocycles. The summed E-state index contributed by atoms with van der Waals surface area (Å²) in [6.07, 6.45) is 2.87. The van der Waals surface area contributed by atoms with E-state index >= 15 is 0 Å². The molecule has 2 rings (SSSR count). The van der Waals surface area contributed by atoms with Crippen LogP contribution in [0.3, 0.4) is 0 Å². The van der Waals surface area contributed by atoms with Crippen LogP contribution < -0.4 is 10.6 Å². The maximum absolute atomic E-state index is 11.9. The number of nitrogens with one attached hydrogen (secondary N) is 2. The number of rotatable bonds is 5. The molecular formula is C16H24N2O2. The van der Waals surface area contributed by atoms with E-state index in [1.54, 1.807) is 0 Å². The number of anilines is 1. The van der Waals surface area contributed by atoms with Crippen molar-refractivity contribution in [1.82, 2.24) is 5.32 Å². The molecule has 1 aromatic rings. The summed E-state index contributed by atoms with van der Waals surface area (Å²) in [5, 5.41) is 6.25. The number of carbonyl (C=O) groups is 1. The molecule has 4 nitrogen and oxygen atoms in total. The zero-order chi connectivity index (χ0) is 14.5. The minimum absolute atomic E-state index is 0.0330. The van der Waals surface area contributed by atoms with Gasteiger partial charge in [-0.15, -0.1) is 0 Å². The minimum atomic E-state index is -0.0330. The largest absolute Gasteiger partial charge is 0.382 e. The first-order valence-electron chi connectivity index (χ1n) is 7.35. The quantitative estimate of drug-likeness (QED) is 0.869. The van der Waals surface area contributed by atoms with Crippen LogP contribution in [0.25, 0.3) is 0 Å². The molecule has 2 atom stereocenters. The van der Waals surface area contributed by atoms with Gasteiger partial charge in [0.15, 0.2) is 0 Å². The zero-order valence-electron chi connectivity index (χ0n) is 12.5. The zero-order valence-corrected chi connectivity index (χ0v) is 12.5. The van der Waals surface area contributed by atoms with Gasteiger partial charge in [-0.2, -0.15) is 0 Å². The lowest BCUT2D eigenvalue weighted by Crippen LogP contribution is -2.30. The fraction of sp³-hybridized carbons (Fsp3) is 0.562. The van der Waals surface area contributed by atoms with Crippen LogP contribution in [0.2, 0.25) is 0 Å². The second-order valence-corrected chi connectivity index (χ2v) is 5.74. The Kier molecular flexibility index (Phi) is 5.01. The fourth-order valence-corrected chi connectivity index (χ4v) is 2.38. The van der Waals surface area contributed by atoms with Gasteiger partial charge in [0.05, 0.1) is 12.2 Å². The standard InChI is InChI=1S/C16H24N2O2/c1-11(2)18-16(19)13-5-4-6-14(9-13)17-10-15-8-7-12(3)20-15/h4-6,9,11-12,15,17H,7-8,10H2,1-3H3,(H,18,19). The van der Waals surface area contributed by atoms with Gasteiger partial charge in [0.2, 0.25) is 0 Å². The molecule has 1 aromatic carbocycles. The number of carbonyl (C=O) groups excluding carboxylic acids is 1. The molecule has 0 saturated carbocycles. The second-order valence-electron chi connectivity index (χ2n) is 5.74. The van der Waals surface area contributed by atoms with E-state index in [2.05, 4.69) is 17.6 Å². The van der Waals surface area contributed by atoms with Gasteiger partial charge in [-0.05, 0) is 51.8 Å². The molecule has 4 heteroatoms. The van der Waals surface area contributed by atoms with Gasteiger partial charge in [-0.25, -0.2) is 0 Å². The van der Waals surface area contributed by atoms with E-state index in [0.717, 1.165) is 25.1 Å². The molecule has 2 N–H and O–H groups in total. The molecule has 1 amide bonds. The van der Waals surface area contributed by atoms with Crippen LogP contribution in [0.5, 0.6) is 0 Å². The van der Waals surface area contributed by atoms with Crippen molar-refractivity contribution in [1.29, 1.82) is 0 Å². The van der Waals surface area contributed by atoms with E-state index in [9.17, 15) is 4.79 Å². The summed E-state index contributed by atoms with van der Waals surface area (Å²) < 4.78 is 5.77. The average molecular weight is 276 g/mol.